The fourth-order valence-electron chi connectivity index (χ4n) is 1.31. The van der Waals surface area contributed by atoms with Gasteiger partial charge in [-0.2, -0.15) is 0 Å². The van der Waals surface area contributed by atoms with Gasteiger partial charge in [-0.1, -0.05) is 27.5 Å². The molecule has 1 aromatic carbocycles. The van der Waals surface area contributed by atoms with Gasteiger partial charge in [-0.3, -0.25) is 4.79 Å². The van der Waals surface area contributed by atoms with E-state index in [0.29, 0.717) is 27.9 Å². The Morgan fingerprint density at radius 1 is 1.29 bits per heavy atom. The highest BCUT2D eigenvalue weighted by Gasteiger charge is 2.12. The first kappa shape index (κ1) is 14.2. The van der Waals surface area contributed by atoms with Crippen LogP contribution in [0.25, 0.3) is 0 Å². The van der Waals surface area contributed by atoms with Crippen LogP contribution in [0.2, 0.25) is 5.02 Å². The number of carbonyl (C=O) groups excluding carboxylic acids is 2. The Bertz CT molecular complexity index is 396. The molecule has 0 aliphatic heterocycles. The van der Waals surface area contributed by atoms with E-state index in [-0.39, 0.29) is 12.4 Å². The van der Waals surface area contributed by atoms with Crippen LogP contribution < -0.4 is 0 Å². The maximum Gasteiger partial charge on any atom is 0.338 e. The topological polar surface area (TPSA) is 43.4 Å². The van der Waals surface area contributed by atoms with Gasteiger partial charge in [0.15, 0.2) is 5.78 Å². The standard InChI is InChI=1S/C12H12BrClO3/c1-2-17-12(16)9-5-8(6-10(14)7-9)11(15)3-4-13/h5-7H,2-4H2,1H3. The highest BCUT2D eigenvalue weighted by molar-refractivity contribution is 9.09. The molecule has 0 fully saturated rings. The zero-order valence-electron chi connectivity index (χ0n) is 9.33. The van der Waals surface area contributed by atoms with Crippen molar-refractivity contribution in [2.24, 2.45) is 0 Å². The van der Waals surface area contributed by atoms with Crippen LogP contribution in [0.15, 0.2) is 18.2 Å². The molecule has 92 valence electrons. The number of hydrogen-bond donors (Lipinski definition) is 0. The number of carbonyl (C=O) groups is 2. The predicted octanol–water partition coefficient (Wildman–Crippen LogP) is 3.48. The molecule has 17 heavy (non-hydrogen) atoms. The fraction of sp³-hybridized carbons (Fsp3) is 0.333. The molecular weight excluding hydrogens is 307 g/mol. The van der Waals surface area contributed by atoms with E-state index < -0.39 is 5.97 Å². The Labute approximate surface area is 113 Å². The maximum atomic E-state index is 11.7. The molecule has 5 heteroatoms. The fourth-order valence-corrected chi connectivity index (χ4v) is 1.91. The van der Waals surface area contributed by atoms with Gasteiger partial charge in [-0.25, -0.2) is 4.79 Å². The second-order valence-corrected chi connectivity index (χ2v) is 4.54. The second-order valence-electron chi connectivity index (χ2n) is 3.31. The first-order chi connectivity index (χ1) is 8.08. The molecule has 0 N–H and O–H groups in total. The van der Waals surface area contributed by atoms with E-state index in [1.54, 1.807) is 13.0 Å². The van der Waals surface area contributed by atoms with Crippen molar-refractivity contribution in [3.8, 4) is 0 Å². The molecule has 0 aromatic heterocycles. The van der Waals surface area contributed by atoms with E-state index in [2.05, 4.69) is 15.9 Å². The van der Waals surface area contributed by atoms with E-state index >= 15 is 0 Å². The monoisotopic (exact) mass is 318 g/mol. The summed E-state index contributed by atoms with van der Waals surface area (Å²) in [7, 11) is 0. The average molecular weight is 320 g/mol. The van der Waals surface area contributed by atoms with Gasteiger partial charge in [-0.05, 0) is 25.1 Å². The Balaban J connectivity index is 3.01. The Morgan fingerprint density at radius 3 is 2.53 bits per heavy atom. The summed E-state index contributed by atoms with van der Waals surface area (Å²) in [6, 6.07) is 4.55. The number of ether oxygens (including phenoxy) is 1. The SMILES string of the molecule is CCOC(=O)c1cc(Cl)cc(C(=O)CCBr)c1. The lowest BCUT2D eigenvalue weighted by Crippen LogP contribution is -2.07. The first-order valence-corrected chi connectivity index (χ1v) is 6.65. The van der Waals surface area contributed by atoms with Crippen molar-refractivity contribution in [2.75, 3.05) is 11.9 Å². The number of esters is 1. The van der Waals surface area contributed by atoms with Gasteiger partial charge < -0.3 is 4.74 Å². The molecule has 1 rings (SSSR count). The third-order valence-corrected chi connectivity index (χ3v) is 2.67. The molecular formula is C12H12BrClO3. The number of benzene rings is 1. The van der Waals surface area contributed by atoms with Crippen LogP contribution in [-0.2, 0) is 4.74 Å². The Kier molecular flexibility index (Phi) is 5.65. The molecule has 0 heterocycles. The number of halogens is 2. The van der Waals surface area contributed by atoms with Crippen molar-refractivity contribution >= 4 is 39.3 Å². The van der Waals surface area contributed by atoms with Gasteiger partial charge in [0.05, 0.1) is 12.2 Å². The number of hydrogen-bond acceptors (Lipinski definition) is 3. The van der Waals surface area contributed by atoms with Gasteiger partial charge in [0.1, 0.15) is 0 Å². The van der Waals surface area contributed by atoms with E-state index in [0.717, 1.165) is 0 Å². The minimum atomic E-state index is -0.470. The molecule has 0 bridgehead atoms. The third-order valence-electron chi connectivity index (χ3n) is 2.05. The van der Waals surface area contributed by atoms with Crippen molar-refractivity contribution in [2.45, 2.75) is 13.3 Å². The van der Waals surface area contributed by atoms with Crippen molar-refractivity contribution in [1.29, 1.82) is 0 Å². The van der Waals surface area contributed by atoms with Gasteiger partial charge in [-0.15, -0.1) is 0 Å². The van der Waals surface area contributed by atoms with Crippen LogP contribution in [0.5, 0.6) is 0 Å². The summed E-state index contributed by atoms with van der Waals surface area (Å²) in [6.07, 6.45) is 0.364. The minimum absolute atomic E-state index is 0.0603. The number of alkyl halides is 1. The lowest BCUT2D eigenvalue weighted by atomic mass is 10.1. The van der Waals surface area contributed by atoms with Crippen molar-refractivity contribution in [3.05, 3.63) is 34.3 Å². The molecule has 0 aliphatic carbocycles. The van der Waals surface area contributed by atoms with Gasteiger partial charge in [0.25, 0.3) is 0 Å². The summed E-state index contributed by atoms with van der Waals surface area (Å²) in [6.45, 7) is 2.01. The third kappa shape index (κ3) is 4.13. The highest BCUT2D eigenvalue weighted by atomic mass is 79.9. The smallest absolute Gasteiger partial charge is 0.338 e. The zero-order chi connectivity index (χ0) is 12.8. The molecule has 0 atom stereocenters. The van der Waals surface area contributed by atoms with E-state index in [9.17, 15) is 9.59 Å². The van der Waals surface area contributed by atoms with Crippen LogP contribution in [-0.4, -0.2) is 23.7 Å². The second kappa shape index (κ2) is 6.77. The molecule has 0 spiro atoms. The van der Waals surface area contributed by atoms with Gasteiger partial charge >= 0.3 is 5.97 Å². The van der Waals surface area contributed by atoms with Crippen LogP contribution in [0, 0.1) is 0 Å². The summed E-state index contributed by atoms with van der Waals surface area (Å²) < 4.78 is 4.86. The first-order valence-electron chi connectivity index (χ1n) is 5.15. The zero-order valence-corrected chi connectivity index (χ0v) is 11.7. The highest BCUT2D eigenvalue weighted by Crippen LogP contribution is 2.17. The minimum Gasteiger partial charge on any atom is -0.462 e. The summed E-state index contributed by atoms with van der Waals surface area (Å²) in [5, 5.41) is 0.932. The van der Waals surface area contributed by atoms with Crippen LogP contribution in [0.4, 0.5) is 0 Å². The van der Waals surface area contributed by atoms with Gasteiger partial charge in [0.2, 0.25) is 0 Å². The summed E-state index contributed by atoms with van der Waals surface area (Å²) in [5.41, 5.74) is 0.734. The van der Waals surface area contributed by atoms with Crippen molar-refractivity contribution in [1.82, 2.24) is 0 Å². The van der Waals surface area contributed by atoms with Crippen molar-refractivity contribution in [3.63, 3.8) is 0 Å². The number of rotatable bonds is 5. The lowest BCUT2D eigenvalue weighted by molar-refractivity contribution is 0.0526. The Morgan fingerprint density at radius 2 is 1.94 bits per heavy atom. The molecule has 0 amide bonds. The number of Topliss-reactive ketones (excluding diaryl/α,β-unsaturated/α-hetero) is 1. The van der Waals surface area contributed by atoms with Crippen LogP contribution in [0.1, 0.15) is 34.1 Å². The van der Waals surface area contributed by atoms with E-state index in [1.165, 1.54) is 12.1 Å². The molecule has 0 radical (unpaired) electrons. The molecule has 0 unspecified atom stereocenters. The molecule has 0 saturated heterocycles. The summed E-state index contributed by atoms with van der Waals surface area (Å²) in [5.74, 6) is -0.530. The molecule has 3 nitrogen and oxygen atoms in total. The lowest BCUT2D eigenvalue weighted by Gasteiger charge is -2.05. The Hall–Kier alpha value is -0.870. The maximum absolute atomic E-state index is 11.7. The van der Waals surface area contributed by atoms with Gasteiger partial charge in [0, 0.05) is 22.3 Å². The van der Waals surface area contributed by atoms with E-state index in [4.69, 9.17) is 16.3 Å². The normalized spacial score (nSPS) is 10.1. The largest absolute Gasteiger partial charge is 0.462 e. The molecule has 1 aromatic rings. The predicted molar refractivity (Wildman–Crippen MR) is 70.2 cm³/mol. The van der Waals surface area contributed by atoms with Crippen molar-refractivity contribution < 1.29 is 14.3 Å². The molecule has 0 aliphatic rings. The summed E-state index contributed by atoms with van der Waals surface area (Å²) in [4.78, 5) is 23.2. The average Bonchev–Trinajstić information content (AvgIpc) is 2.29. The van der Waals surface area contributed by atoms with Crippen LogP contribution in [0.3, 0.4) is 0 Å². The van der Waals surface area contributed by atoms with E-state index in [1.807, 2.05) is 0 Å². The quantitative estimate of drug-likeness (QED) is 0.474. The molecule has 0 saturated carbocycles. The van der Waals surface area contributed by atoms with Crippen LogP contribution >= 0.6 is 27.5 Å². The number of ketones is 1. The summed E-state index contributed by atoms with van der Waals surface area (Å²) >= 11 is 9.06.